The molecule has 3 aromatic rings. The number of carbonyl (C=O) groups excluding carboxylic acids is 1. The highest BCUT2D eigenvalue weighted by Crippen LogP contribution is 2.40. The quantitative estimate of drug-likeness (QED) is 0.327. The van der Waals surface area contributed by atoms with E-state index < -0.39 is 4.92 Å². The summed E-state index contributed by atoms with van der Waals surface area (Å²) in [6, 6.07) is 21.4. The van der Waals surface area contributed by atoms with Gasteiger partial charge in [-0.25, -0.2) is 0 Å². The van der Waals surface area contributed by atoms with Crippen LogP contribution < -0.4 is 4.74 Å². The summed E-state index contributed by atoms with van der Waals surface area (Å²) in [6.45, 7) is 0.322. The van der Waals surface area contributed by atoms with Crippen LogP contribution in [0.1, 0.15) is 21.5 Å². The zero-order valence-corrected chi connectivity index (χ0v) is 15.5. The normalized spacial score (nSPS) is 14.1. The van der Waals surface area contributed by atoms with E-state index in [0.717, 1.165) is 21.6 Å². The fourth-order valence-corrected chi connectivity index (χ4v) is 3.88. The second kappa shape index (κ2) is 7.70. The molecule has 4 rings (SSSR count). The number of non-ortho nitro benzene ring substituents is 1. The van der Waals surface area contributed by atoms with Crippen LogP contribution in [0.4, 0.5) is 5.69 Å². The van der Waals surface area contributed by atoms with Crippen molar-refractivity contribution in [2.24, 2.45) is 0 Å². The first kappa shape index (κ1) is 18.0. The van der Waals surface area contributed by atoms with Gasteiger partial charge in [0, 0.05) is 22.6 Å². The average molecular weight is 389 g/mol. The Hall–Kier alpha value is -3.38. The maximum absolute atomic E-state index is 12.4. The Morgan fingerprint density at radius 3 is 2.36 bits per heavy atom. The number of nitrogens with zero attached hydrogens (tertiary/aromatic N) is 1. The zero-order chi connectivity index (χ0) is 19.5. The fraction of sp³-hybridized carbons (Fsp3) is 0.0455. The number of carbonyl (C=O) groups is 1. The summed E-state index contributed by atoms with van der Waals surface area (Å²) in [4.78, 5) is 24.4. The Bertz CT molecular complexity index is 1070. The number of rotatable bonds is 5. The number of hydrogen-bond acceptors (Lipinski definition) is 5. The van der Waals surface area contributed by atoms with Gasteiger partial charge in [0.15, 0.2) is 0 Å². The number of benzene rings is 3. The van der Waals surface area contributed by atoms with Crippen LogP contribution in [0.25, 0.3) is 6.08 Å². The van der Waals surface area contributed by atoms with Crippen LogP contribution in [-0.4, -0.2) is 10.7 Å². The average Bonchev–Trinajstić information content (AvgIpc) is 3.03. The van der Waals surface area contributed by atoms with Gasteiger partial charge >= 0.3 is 0 Å². The van der Waals surface area contributed by atoms with Crippen molar-refractivity contribution in [3.8, 4) is 5.75 Å². The van der Waals surface area contributed by atoms with Crippen molar-refractivity contribution >= 4 is 29.3 Å². The Kier molecular flexibility index (Phi) is 4.95. The number of fused-ring (bicyclic) bond motifs is 1. The van der Waals surface area contributed by atoms with Gasteiger partial charge in [-0.2, -0.15) is 0 Å². The first-order valence-corrected chi connectivity index (χ1v) is 9.41. The van der Waals surface area contributed by atoms with Gasteiger partial charge < -0.3 is 4.74 Å². The van der Waals surface area contributed by atoms with Crippen molar-refractivity contribution in [3.05, 3.63) is 105 Å². The van der Waals surface area contributed by atoms with Crippen molar-refractivity contribution in [1.82, 2.24) is 0 Å². The van der Waals surface area contributed by atoms with E-state index in [-0.39, 0.29) is 11.5 Å². The predicted molar refractivity (Wildman–Crippen MR) is 108 cm³/mol. The highest BCUT2D eigenvalue weighted by atomic mass is 32.2. The molecular formula is C22H15NO4S. The molecule has 0 bridgehead atoms. The molecule has 0 saturated heterocycles. The zero-order valence-electron chi connectivity index (χ0n) is 14.7. The molecule has 0 fully saturated rings. The van der Waals surface area contributed by atoms with Gasteiger partial charge in [-0.15, -0.1) is 0 Å². The largest absolute Gasteiger partial charge is 0.489 e. The number of ketones is 1. The number of nitro groups is 1. The number of allylic oxidation sites excluding steroid dienone is 1. The van der Waals surface area contributed by atoms with E-state index in [4.69, 9.17) is 4.74 Å². The minimum absolute atomic E-state index is 0.0547. The van der Waals surface area contributed by atoms with E-state index in [9.17, 15) is 14.9 Å². The second-order valence-electron chi connectivity index (χ2n) is 6.22. The fourth-order valence-electron chi connectivity index (χ4n) is 2.83. The van der Waals surface area contributed by atoms with Crippen molar-refractivity contribution < 1.29 is 14.5 Å². The summed E-state index contributed by atoms with van der Waals surface area (Å²) in [5.74, 6) is 0.744. The van der Waals surface area contributed by atoms with Gasteiger partial charge in [-0.3, -0.25) is 14.9 Å². The molecule has 0 atom stereocenters. The van der Waals surface area contributed by atoms with E-state index >= 15 is 0 Å². The molecule has 1 aliphatic heterocycles. The molecule has 3 aromatic carbocycles. The van der Waals surface area contributed by atoms with Crippen LogP contribution in [0, 0.1) is 10.1 Å². The lowest BCUT2D eigenvalue weighted by Crippen LogP contribution is -1.96. The first-order chi connectivity index (χ1) is 13.6. The molecule has 0 spiro atoms. The van der Waals surface area contributed by atoms with Crippen molar-refractivity contribution in [1.29, 1.82) is 0 Å². The SMILES string of the molecule is O=C1/C(=C/c2ccc(OCc3ccc([N+](=O)[O-])cc3)cc2)Sc2ccccc21. The Balaban J connectivity index is 1.40. The van der Waals surface area contributed by atoms with Gasteiger partial charge in [0.2, 0.25) is 5.78 Å². The molecule has 28 heavy (non-hydrogen) atoms. The van der Waals surface area contributed by atoms with E-state index in [1.54, 1.807) is 12.1 Å². The molecule has 0 aromatic heterocycles. The maximum Gasteiger partial charge on any atom is 0.269 e. The summed E-state index contributed by atoms with van der Waals surface area (Å²) in [5.41, 5.74) is 2.58. The van der Waals surface area contributed by atoms with Gasteiger partial charge in [-0.1, -0.05) is 36.0 Å². The van der Waals surface area contributed by atoms with Crippen LogP contribution in [0.5, 0.6) is 5.75 Å². The third-order valence-electron chi connectivity index (χ3n) is 4.31. The van der Waals surface area contributed by atoms with Gasteiger partial charge in [0.1, 0.15) is 12.4 Å². The highest BCUT2D eigenvalue weighted by Gasteiger charge is 2.24. The minimum atomic E-state index is -0.427. The summed E-state index contributed by atoms with van der Waals surface area (Å²) in [7, 11) is 0. The van der Waals surface area contributed by atoms with E-state index in [0.29, 0.717) is 17.3 Å². The summed E-state index contributed by atoms with van der Waals surface area (Å²) in [5, 5.41) is 10.7. The number of thioether (sulfide) groups is 1. The number of hydrogen-bond donors (Lipinski definition) is 0. The Morgan fingerprint density at radius 1 is 0.964 bits per heavy atom. The molecule has 0 N–H and O–H groups in total. The molecule has 0 saturated carbocycles. The molecule has 138 valence electrons. The lowest BCUT2D eigenvalue weighted by molar-refractivity contribution is -0.384. The molecule has 0 amide bonds. The van der Waals surface area contributed by atoms with Crippen LogP contribution in [0.2, 0.25) is 0 Å². The Labute approximate surface area is 165 Å². The van der Waals surface area contributed by atoms with E-state index in [1.165, 1.54) is 23.9 Å². The van der Waals surface area contributed by atoms with E-state index in [2.05, 4.69) is 0 Å². The molecular weight excluding hydrogens is 374 g/mol. The predicted octanol–water partition coefficient (Wildman–Crippen LogP) is 5.50. The minimum Gasteiger partial charge on any atom is -0.489 e. The second-order valence-corrected chi connectivity index (χ2v) is 7.30. The van der Waals surface area contributed by atoms with Gasteiger partial charge in [-0.05, 0) is 53.6 Å². The molecule has 0 aliphatic carbocycles. The van der Waals surface area contributed by atoms with Crippen LogP contribution in [-0.2, 0) is 6.61 Å². The van der Waals surface area contributed by atoms with Crippen LogP contribution >= 0.6 is 11.8 Å². The summed E-state index contributed by atoms with van der Waals surface area (Å²) in [6.07, 6.45) is 1.88. The summed E-state index contributed by atoms with van der Waals surface area (Å²) >= 11 is 1.49. The number of nitro benzene ring substituents is 1. The Morgan fingerprint density at radius 2 is 1.68 bits per heavy atom. The summed E-state index contributed by atoms with van der Waals surface area (Å²) < 4.78 is 5.73. The number of Topliss-reactive ketones (excluding diaryl/α,β-unsaturated/α-hetero) is 1. The standard InChI is InChI=1S/C22H15NO4S/c24-22-19-3-1-2-4-20(19)28-21(22)13-15-7-11-18(12-8-15)27-14-16-5-9-17(10-6-16)23(25)26/h1-13H,14H2/b21-13-. The first-order valence-electron chi connectivity index (χ1n) is 8.59. The molecule has 1 heterocycles. The van der Waals surface area contributed by atoms with Crippen molar-refractivity contribution in [2.45, 2.75) is 11.5 Å². The van der Waals surface area contributed by atoms with Gasteiger partial charge in [0.25, 0.3) is 5.69 Å². The third-order valence-corrected chi connectivity index (χ3v) is 5.40. The van der Waals surface area contributed by atoms with Crippen LogP contribution in [0.15, 0.2) is 82.6 Å². The van der Waals surface area contributed by atoms with Crippen LogP contribution in [0.3, 0.4) is 0 Å². The molecule has 1 aliphatic rings. The smallest absolute Gasteiger partial charge is 0.269 e. The third kappa shape index (κ3) is 3.82. The van der Waals surface area contributed by atoms with Crippen molar-refractivity contribution in [2.75, 3.05) is 0 Å². The topological polar surface area (TPSA) is 69.4 Å². The highest BCUT2D eigenvalue weighted by molar-refractivity contribution is 8.04. The lowest BCUT2D eigenvalue weighted by atomic mass is 10.1. The van der Waals surface area contributed by atoms with Crippen molar-refractivity contribution in [3.63, 3.8) is 0 Å². The lowest BCUT2D eigenvalue weighted by Gasteiger charge is -2.06. The molecule has 0 radical (unpaired) electrons. The van der Waals surface area contributed by atoms with Gasteiger partial charge in [0.05, 0.1) is 9.83 Å². The molecule has 6 heteroatoms. The van der Waals surface area contributed by atoms with E-state index in [1.807, 2.05) is 54.6 Å². The molecule has 0 unspecified atom stereocenters. The maximum atomic E-state index is 12.4. The monoisotopic (exact) mass is 389 g/mol. The molecule has 5 nitrogen and oxygen atoms in total. The number of ether oxygens (including phenoxy) is 1.